The molecule has 3 rings (SSSR count). The monoisotopic (exact) mass is 363 g/mol. The molecule has 1 aliphatic rings. The zero-order valence-electron chi connectivity index (χ0n) is 13.8. The Balaban J connectivity index is 2.11. The second-order valence-electron chi connectivity index (χ2n) is 5.91. The first-order chi connectivity index (χ1) is 12.3. The highest BCUT2D eigenvalue weighted by molar-refractivity contribution is 5.89. The van der Waals surface area contributed by atoms with Crippen LogP contribution in [0.3, 0.4) is 0 Å². The Hall–Kier alpha value is -2.96. The molecule has 7 heteroatoms. The number of aliphatic carboxylic acids is 1. The fourth-order valence-electron chi connectivity index (χ4n) is 3.12. The minimum Gasteiger partial charge on any atom is -0.497 e. The number of anilines is 1. The van der Waals surface area contributed by atoms with Gasteiger partial charge in [0, 0.05) is 17.8 Å². The molecule has 0 spiro atoms. The van der Waals surface area contributed by atoms with Gasteiger partial charge in [-0.3, -0.25) is 0 Å². The van der Waals surface area contributed by atoms with Gasteiger partial charge in [0.2, 0.25) is 0 Å². The van der Waals surface area contributed by atoms with E-state index in [1.807, 2.05) is 0 Å². The first-order valence-electron chi connectivity index (χ1n) is 7.84. The van der Waals surface area contributed by atoms with E-state index >= 15 is 0 Å². The van der Waals surface area contributed by atoms with E-state index in [0.717, 1.165) is 6.07 Å². The molecule has 136 valence electrons. The molecule has 0 saturated heterocycles. The van der Waals surface area contributed by atoms with Gasteiger partial charge < -0.3 is 15.2 Å². The SMILES string of the molecule is COc1ccc(C2Cc3c(cccc3C(F)(F)F)NC=C2C(=O)O)cc1. The summed E-state index contributed by atoms with van der Waals surface area (Å²) in [5, 5.41) is 12.3. The number of carboxylic acids is 1. The lowest BCUT2D eigenvalue weighted by atomic mass is 9.85. The van der Waals surface area contributed by atoms with Crippen LogP contribution in [-0.2, 0) is 17.4 Å². The maximum atomic E-state index is 13.4. The predicted molar refractivity (Wildman–Crippen MR) is 90.2 cm³/mol. The first-order valence-corrected chi connectivity index (χ1v) is 7.84. The van der Waals surface area contributed by atoms with Crippen molar-refractivity contribution in [1.82, 2.24) is 0 Å². The predicted octanol–water partition coefficient (Wildman–Crippen LogP) is 4.43. The van der Waals surface area contributed by atoms with Gasteiger partial charge in [-0.1, -0.05) is 18.2 Å². The number of nitrogens with one attached hydrogen (secondary N) is 1. The molecular weight excluding hydrogens is 347 g/mol. The van der Waals surface area contributed by atoms with Gasteiger partial charge in [0.25, 0.3) is 0 Å². The largest absolute Gasteiger partial charge is 0.497 e. The van der Waals surface area contributed by atoms with E-state index in [9.17, 15) is 23.1 Å². The van der Waals surface area contributed by atoms with Crippen LogP contribution in [0.1, 0.15) is 22.6 Å². The van der Waals surface area contributed by atoms with Gasteiger partial charge in [-0.15, -0.1) is 0 Å². The third kappa shape index (κ3) is 3.37. The molecule has 0 amide bonds. The third-order valence-corrected chi connectivity index (χ3v) is 4.41. The smallest absolute Gasteiger partial charge is 0.416 e. The molecule has 0 aromatic heterocycles. The molecule has 1 heterocycles. The van der Waals surface area contributed by atoms with E-state index in [4.69, 9.17) is 4.74 Å². The van der Waals surface area contributed by atoms with Crippen molar-refractivity contribution in [2.75, 3.05) is 12.4 Å². The Morgan fingerprint density at radius 2 is 1.88 bits per heavy atom. The fraction of sp³-hybridized carbons (Fsp3) is 0.211. The van der Waals surface area contributed by atoms with Crippen molar-refractivity contribution in [3.63, 3.8) is 0 Å². The molecule has 0 bridgehead atoms. The highest BCUT2D eigenvalue weighted by Crippen LogP contribution is 2.41. The molecule has 2 N–H and O–H groups in total. The number of methoxy groups -OCH3 is 1. The first kappa shape index (κ1) is 17.8. The van der Waals surface area contributed by atoms with E-state index < -0.39 is 23.6 Å². The van der Waals surface area contributed by atoms with Crippen LogP contribution >= 0.6 is 0 Å². The zero-order chi connectivity index (χ0) is 18.9. The molecule has 1 unspecified atom stereocenters. The van der Waals surface area contributed by atoms with E-state index in [1.165, 1.54) is 25.4 Å². The number of halogens is 3. The summed E-state index contributed by atoms with van der Waals surface area (Å²) in [6, 6.07) is 10.5. The van der Waals surface area contributed by atoms with E-state index in [2.05, 4.69) is 5.32 Å². The summed E-state index contributed by atoms with van der Waals surface area (Å²) in [5.41, 5.74) is 0.148. The van der Waals surface area contributed by atoms with Crippen molar-refractivity contribution in [2.24, 2.45) is 0 Å². The molecule has 0 radical (unpaired) electrons. The number of hydrogen-bond donors (Lipinski definition) is 2. The number of hydrogen-bond acceptors (Lipinski definition) is 3. The zero-order valence-corrected chi connectivity index (χ0v) is 13.8. The topological polar surface area (TPSA) is 58.6 Å². The summed E-state index contributed by atoms with van der Waals surface area (Å²) in [6.45, 7) is 0. The molecule has 1 atom stereocenters. The third-order valence-electron chi connectivity index (χ3n) is 4.41. The number of fused-ring (bicyclic) bond motifs is 1. The lowest BCUT2D eigenvalue weighted by Crippen LogP contribution is -2.15. The van der Waals surface area contributed by atoms with Crippen molar-refractivity contribution < 1.29 is 27.8 Å². The summed E-state index contributed by atoms with van der Waals surface area (Å²) in [7, 11) is 1.50. The molecule has 0 fully saturated rings. The lowest BCUT2D eigenvalue weighted by Gasteiger charge is -2.20. The molecule has 4 nitrogen and oxygen atoms in total. The second kappa shape index (κ2) is 6.74. The highest BCUT2D eigenvalue weighted by Gasteiger charge is 2.36. The molecule has 1 aliphatic heterocycles. The van der Waals surface area contributed by atoms with Crippen LogP contribution in [-0.4, -0.2) is 18.2 Å². The molecule has 2 aromatic carbocycles. The van der Waals surface area contributed by atoms with Crippen LogP contribution in [0.15, 0.2) is 54.2 Å². The Morgan fingerprint density at radius 1 is 1.19 bits per heavy atom. The molecule has 0 aliphatic carbocycles. The average Bonchev–Trinajstić information content (AvgIpc) is 2.80. The van der Waals surface area contributed by atoms with Crippen molar-refractivity contribution in [3.8, 4) is 5.75 Å². The molecular formula is C19H16F3NO3. The van der Waals surface area contributed by atoms with Gasteiger partial charge >= 0.3 is 12.1 Å². The van der Waals surface area contributed by atoms with E-state index in [0.29, 0.717) is 11.3 Å². The standard InChI is InChI=1S/C19H16F3NO3/c1-26-12-7-5-11(6-8-12)13-9-14-16(19(20,21)22)3-2-4-17(14)23-10-15(13)18(24)25/h2-8,10,13,23H,9H2,1H3,(H,24,25). The van der Waals surface area contributed by atoms with E-state index in [1.54, 1.807) is 24.3 Å². The van der Waals surface area contributed by atoms with Gasteiger partial charge in [-0.25, -0.2) is 4.79 Å². The number of ether oxygens (including phenoxy) is 1. The van der Waals surface area contributed by atoms with Crippen molar-refractivity contribution in [1.29, 1.82) is 0 Å². The Morgan fingerprint density at radius 3 is 2.46 bits per heavy atom. The van der Waals surface area contributed by atoms with Crippen LogP contribution in [0.2, 0.25) is 0 Å². The van der Waals surface area contributed by atoms with Gasteiger partial charge in [0.1, 0.15) is 5.75 Å². The lowest BCUT2D eigenvalue weighted by molar-refractivity contribution is -0.138. The van der Waals surface area contributed by atoms with Crippen LogP contribution < -0.4 is 10.1 Å². The summed E-state index contributed by atoms with van der Waals surface area (Å²) >= 11 is 0. The number of carboxylic acid groups (broad SMARTS) is 1. The molecule has 2 aromatic rings. The normalized spacial score (nSPS) is 16.8. The van der Waals surface area contributed by atoms with Crippen molar-refractivity contribution >= 4 is 11.7 Å². The Labute approximate surface area is 147 Å². The van der Waals surface area contributed by atoms with Crippen LogP contribution in [0, 0.1) is 0 Å². The maximum absolute atomic E-state index is 13.4. The minimum absolute atomic E-state index is 0.000471. The Bertz CT molecular complexity index is 857. The van der Waals surface area contributed by atoms with Crippen LogP contribution in [0.4, 0.5) is 18.9 Å². The van der Waals surface area contributed by atoms with Gasteiger partial charge in [-0.05, 0) is 41.8 Å². The molecule has 26 heavy (non-hydrogen) atoms. The molecule has 0 saturated carbocycles. The number of rotatable bonds is 3. The van der Waals surface area contributed by atoms with Gasteiger partial charge in [0.15, 0.2) is 0 Å². The Kier molecular flexibility index (Phi) is 4.63. The van der Waals surface area contributed by atoms with Gasteiger partial charge in [-0.2, -0.15) is 13.2 Å². The summed E-state index contributed by atoms with van der Waals surface area (Å²) in [4.78, 5) is 11.7. The van der Waals surface area contributed by atoms with Crippen LogP contribution in [0.25, 0.3) is 0 Å². The average molecular weight is 363 g/mol. The number of alkyl halides is 3. The summed E-state index contributed by atoms with van der Waals surface area (Å²) < 4.78 is 45.3. The van der Waals surface area contributed by atoms with Crippen LogP contribution in [0.5, 0.6) is 5.75 Å². The fourth-order valence-corrected chi connectivity index (χ4v) is 3.12. The minimum atomic E-state index is -4.52. The summed E-state index contributed by atoms with van der Waals surface area (Å²) in [5.74, 6) is -1.33. The van der Waals surface area contributed by atoms with Gasteiger partial charge in [0.05, 0.1) is 18.2 Å². The quantitative estimate of drug-likeness (QED) is 0.847. The number of benzene rings is 2. The van der Waals surface area contributed by atoms with Crippen molar-refractivity contribution in [2.45, 2.75) is 18.5 Å². The van der Waals surface area contributed by atoms with Crippen molar-refractivity contribution in [3.05, 3.63) is 70.9 Å². The van der Waals surface area contributed by atoms with E-state index in [-0.39, 0.29) is 23.2 Å². The summed E-state index contributed by atoms with van der Waals surface area (Å²) in [6.07, 6.45) is -3.34. The highest BCUT2D eigenvalue weighted by atomic mass is 19.4. The maximum Gasteiger partial charge on any atom is 0.416 e. The number of carbonyl (C=O) groups is 1. The second-order valence-corrected chi connectivity index (χ2v) is 5.91.